The molecule has 1 heteroatoms. The first-order chi connectivity index (χ1) is 5.49. The van der Waals surface area contributed by atoms with Gasteiger partial charge >= 0.3 is 0 Å². The highest BCUT2D eigenvalue weighted by Crippen LogP contribution is 2.30. The molecule has 12 heavy (non-hydrogen) atoms. The molecule has 0 amide bonds. The zero-order valence-corrected chi connectivity index (χ0v) is 8.51. The van der Waals surface area contributed by atoms with Gasteiger partial charge in [-0.3, -0.25) is 0 Å². The van der Waals surface area contributed by atoms with Crippen LogP contribution in [0.3, 0.4) is 0 Å². The van der Waals surface area contributed by atoms with Crippen molar-refractivity contribution in [3.63, 3.8) is 0 Å². The molecule has 0 bridgehead atoms. The Hall–Kier alpha value is -0.300. The second kappa shape index (κ2) is 3.61. The fourth-order valence-corrected chi connectivity index (χ4v) is 1.94. The monoisotopic (exact) mass is 167 g/mol. The summed E-state index contributed by atoms with van der Waals surface area (Å²) in [4.78, 5) is 0. The Balaban J connectivity index is 2.47. The molecule has 2 atom stereocenters. The molecule has 0 aromatic rings. The van der Waals surface area contributed by atoms with Gasteiger partial charge in [-0.1, -0.05) is 32.9 Å². The highest BCUT2D eigenvalue weighted by Gasteiger charge is 2.23. The summed E-state index contributed by atoms with van der Waals surface area (Å²) in [6.45, 7) is 6.87. The standard InChI is InChI=1S/C11H21N/c1-11(2,3)8-9-6-4-5-7-10(9)12/h5,7,9-10H,4,6,8,12H2,1-3H3/t9-,10-/m0/s1. The highest BCUT2D eigenvalue weighted by molar-refractivity contribution is 5.00. The van der Waals surface area contributed by atoms with Gasteiger partial charge in [0, 0.05) is 6.04 Å². The van der Waals surface area contributed by atoms with Gasteiger partial charge in [0.2, 0.25) is 0 Å². The zero-order chi connectivity index (χ0) is 9.19. The lowest BCUT2D eigenvalue weighted by atomic mass is 9.77. The number of allylic oxidation sites excluding steroid dienone is 1. The van der Waals surface area contributed by atoms with Crippen molar-refractivity contribution in [2.45, 2.75) is 46.1 Å². The van der Waals surface area contributed by atoms with Crippen LogP contribution in [0.25, 0.3) is 0 Å². The van der Waals surface area contributed by atoms with Crippen molar-refractivity contribution >= 4 is 0 Å². The van der Waals surface area contributed by atoms with E-state index >= 15 is 0 Å². The SMILES string of the molecule is CC(C)(C)C[C@@H]1CCC=C[C@@H]1N. The molecule has 0 radical (unpaired) electrons. The van der Waals surface area contributed by atoms with Crippen LogP contribution in [0.2, 0.25) is 0 Å². The van der Waals surface area contributed by atoms with Crippen LogP contribution in [0.4, 0.5) is 0 Å². The topological polar surface area (TPSA) is 26.0 Å². The van der Waals surface area contributed by atoms with E-state index in [2.05, 4.69) is 32.9 Å². The summed E-state index contributed by atoms with van der Waals surface area (Å²) in [5, 5.41) is 0. The summed E-state index contributed by atoms with van der Waals surface area (Å²) >= 11 is 0. The van der Waals surface area contributed by atoms with E-state index in [0.717, 1.165) is 0 Å². The first kappa shape index (κ1) is 9.79. The molecule has 1 rings (SSSR count). The molecule has 0 aromatic carbocycles. The smallest absolute Gasteiger partial charge is 0.0252 e. The minimum absolute atomic E-state index is 0.304. The minimum atomic E-state index is 0.304. The van der Waals surface area contributed by atoms with Crippen LogP contribution in [0.5, 0.6) is 0 Å². The van der Waals surface area contributed by atoms with Gasteiger partial charge in [0.05, 0.1) is 0 Å². The van der Waals surface area contributed by atoms with E-state index in [0.29, 0.717) is 17.4 Å². The van der Waals surface area contributed by atoms with Gasteiger partial charge in [-0.15, -0.1) is 0 Å². The molecule has 0 spiro atoms. The molecule has 1 aliphatic carbocycles. The van der Waals surface area contributed by atoms with Crippen LogP contribution in [0.15, 0.2) is 12.2 Å². The van der Waals surface area contributed by atoms with Crippen LogP contribution >= 0.6 is 0 Å². The largest absolute Gasteiger partial charge is 0.324 e. The molecule has 1 nitrogen and oxygen atoms in total. The van der Waals surface area contributed by atoms with Crippen LogP contribution in [-0.4, -0.2) is 6.04 Å². The van der Waals surface area contributed by atoms with E-state index in [1.807, 2.05) is 0 Å². The van der Waals surface area contributed by atoms with Crippen LogP contribution in [0.1, 0.15) is 40.0 Å². The number of hydrogen-bond donors (Lipinski definition) is 1. The Morgan fingerprint density at radius 1 is 1.42 bits per heavy atom. The molecule has 0 aromatic heterocycles. The fourth-order valence-electron chi connectivity index (χ4n) is 1.94. The summed E-state index contributed by atoms with van der Waals surface area (Å²) in [5.74, 6) is 0.704. The van der Waals surface area contributed by atoms with Crippen molar-refractivity contribution in [2.24, 2.45) is 17.1 Å². The van der Waals surface area contributed by atoms with Crippen molar-refractivity contribution in [2.75, 3.05) is 0 Å². The Bertz CT molecular complexity index is 164. The van der Waals surface area contributed by atoms with Gasteiger partial charge in [0.25, 0.3) is 0 Å². The highest BCUT2D eigenvalue weighted by atomic mass is 14.6. The predicted octanol–water partition coefficient (Wildman–Crippen LogP) is 2.72. The minimum Gasteiger partial charge on any atom is -0.324 e. The Kier molecular flexibility index (Phi) is 2.94. The molecule has 0 saturated carbocycles. The third kappa shape index (κ3) is 2.98. The molecule has 1 aliphatic rings. The molecule has 0 aliphatic heterocycles. The molecule has 0 fully saturated rings. The van der Waals surface area contributed by atoms with E-state index in [-0.39, 0.29) is 0 Å². The number of nitrogens with two attached hydrogens (primary N) is 1. The number of rotatable bonds is 1. The fraction of sp³-hybridized carbons (Fsp3) is 0.818. The third-order valence-electron chi connectivity index (χ3n) is 2.48. The second-order valence-corrected chi connectivity index (χ2v) is 5.11. The van der Waals surface area contributed by atoms with Crippen LogP contribution in [-0.2, 0) is 0 Å². The quantitative estimate of drug-likeness (QED) is 0.597. The third-order valence-corrected chi connectivity index (χ3v) is 2.48. The van der Waals surface area contributed by atoms with Crippen LogP contribution < -0.4 is 5.73 Å². The van der Waals surface area contributed by atoms with Crippen molar-refractivity contribution in [3.8, 4) is 0 Å². The van der Waals surface area contributed by atoms with Gasteiger partial charge < -0.3 is 5.73 Å². The normalized spacial score (nSPS) is 30.7. The van der Waals surface area contributed by atoms with E-state index in [1.165, 1.54) is 19.3 Å². The maximum absolute atomic E-state index is 6.00. The van der Waals surface area contributed by atoms with Crippen molar-refractivity contribution in [3.05, 3.63) is 12.2 Å². The van der Waals surface area contributed by atoms with E-state index in [4.69, 9.17) is 5.73 Å². The molecule has 0 unspecified atom stereocenters. The summed E-state index contributed by atoms with van der Waals surface area (Å²) in [7, 11) is 0. The van der Waals surface area contributed by atoms with Gasteiger partial charge in [0.15, 0.2) is 0 Å². The molecular formula is C11H21N. The van der Waals surface area contributed by atoms with Crippen molar-refractivity contribution in [1.82, 2.24) is 0 Å². The first-order valence-corrected chi connectivity index (χ1v) is 4.91. The Labute approximate surface area is 76.0 Å². The summed E-state index contributed by atoms with van der Waals surface area (Å²) < 4.78 is 0. The average molecular weight is 167 g/mol. The van der Waals surface area contributed by atoms with Gasteiger partial charge in [-0.05, 0) is 30.6 Å². The van der Waals surface area contributed by atoms with E-state index < -0.39 is 0 Å². The average Bonchev–Trinajstić information content (AvgIpc) is 1.91. The predicted molar refractivity (Wildman–Crippen MR) is 53.9 cm³/mol. The molecule has 0 saturated heterocycles. The lowest BCUT2D eigenvalue weighted by molar-refractivity contribution is 0.262. The first-order valence-electron chi connectivity index (χ1n) is 4.91. The van der Waals surface area contributed by atoms with Crippen LogP contribution in [0, 0.1) is 11.3 Å². The summed E-state index contributed by atoms with van der Waals surface area (Å²) in [5.41, 5.74) is 6.42. The van der Waals surface area contributed by atoms with E-state index in [9.17, 15) is 0 Å². The zero-order valence-electron chi connectivity index (χ0n) is 8.51. The number of hydrogen-bond acceptors (Lipinski definition) is 1. The Morgan fingerprint density at radius 3 is 2.58 bits per heavy atom. The maximum atomic E-state index is 6.00. The van der Waals surface area contributed by atoms with Crippen molar-refractivity contribution < 1.29 is 0 Å². The van der Waals surface area contributed by atoms with Gasteiger partial charge in [-0.2, -0.15) is 0 Å². The van der Waals surface area contributed by atoms with Crippen molar-refractivity contribution in [1.29, 1.82) is 0 Å². The second-order valence-electron chi connectivity index (χ2n) is 5.11. The molecular weight excluding hydrogens is 146 g/mol. The molecule has 0 heterocycles. The van der Waals surface area contributed by atoms with Gasteiger partial charge in [-0.25, -0.2) is 0 Å². The lowest BCUT2D eigenvalue weighted by Crippen LogP contribution is -2.32. The maximum Gasteiger partial charge on any atom is 0.0252 e. The Morgan fingerprint density at radius 2 is 2.08 bits per heavy atom. The molecule has 70 valence electrons. The summed E-state index contributed by atoms with van der Waals surface area (Å²) in [6.07, 6.45) is 8.12. The lowest BCUT2D eigenvalue weighted by Gasteiger charge is -2.30. The van der Waals surface area contributed by atoms with Gasteiger partial charge in [0.1, 0.15) is 0 Å². The summed E-state index contributed by atoms with van der Waals surface area (Å²) in [6, 6.07) is 0.304. The van der Waals surface area contributed by atoms with E-state index in [1.54, 1.807) is 0 Å². The molecule has 2 N–H and O–H groups in total.